The second kappa shape index (κ2) is 10.4. The summed E-state index contributed by atoms with van der Waals surface area (Å²) in [5.41, 5.74) is 2.12. The molecule has 0 unspecified atom stereocenters. The Bertz CT molecular complexity index is 2460. The first-order chi connectivity index (χ1) is 20.4. The van der Waals surface area contributed by atoms with Gasteiger partial charge in [0.1, 0.15) is 21.2 Å². The molecule has 2 aromatic rings. The predicted molar refractivity (Wildman–Crippen MR) is 156 cm³/mol. The minimum absolute atomic E-state index is 0.0390. The van der Waals surface area contributed by atoms with Gasteiger partial charge >= 0.3 is 0 Å². The van der Waals surface area contributed by atoms with E-state index in [2.05, 4.69) is 15.8 Å². The lowest BCUT2D eigenvalue weighted by Crippen LogP contribution is -2.35. The fourth-order valence-corrected chi connectivity index (χ4v) is 6.43. The summed E-state index contributed by atoms with van der Waals surface area (Å²) in [7, 11) is -10.1. The molecule has 0 aliphatic heterocycles. The molecule has 2 aromatic carbocycles. The molecule has 0 atom stereocenters. The van der Waals surface area contributed by atoms with E-state index in [4.69, 9.17) is 5.41 Å². The van der Waals surface area contributed by atoms with Gasteiger partial charge in [0.2, 0.25) is 0 Å². The molecule has 0 spiro atoms. The Kier molecular flexibility index (Phi) is 7.28. The van der Waals surface area contributed by atoms with Crippen molar-refractivity contribution in [2.75, 3.05) is 5.43 Å². The van der Waals surface area contributed by atoms with Crippen LogP contribution in [0.3, 0.4) is 0 Å². The van der Waals surface area contributed by atoms with Crippen LogP contribution in [-0.4, -0.2) is 36.8 Å². The van der Waals surface area contributed by atoms with Gasteiger partial charge in [-0.1, -0.05) is 38.1 Å². The molecule has 0 heterocycles. The van der Waals surface area contributed by atoms with Crippen LogP contribution < -0.4 is 32.4 Å². The molecule has 0 aromatic heterocycles. The Balaban J connectivity index is 1.74. The molecule has 14 nitrogen and oxygen atoms in total. The van der Waals surface area contributed by atoms with Gasteiger partial charge in [-0.25, -0.2) is 4.99 Å². The summed E-state index contributed by atoms with van der Waals surface area (Å²) in [6, 6.07) is 9.55. The number of carbonyl (C=O) groups excluding carboxylic acids is 1. The maximum absolute atomic E-state index is 13.5. The monoisotopic (exact) mass is 640 g/mol. The van der Waals surface area contributed by atoms with Crippen LogP contribution >= 0.6 is 0 Å². The van der Waals surface area contributed by atoms with Crippen molar-refractivity contribution >= 4 is 48.2 Å². The molecule has 44 heavy (non-hydrogen) atoms. The van der Waals surface area contributed by atoms with E-state index in [1.807, 2.05) is 0 Å². The van der Waals surface area contributed by atoms with E-state index in [1.165, 1.54) is 30.3 Å². The number of fused-ring (bicyclic) bond motifs is 1. The molecule has 6 N–H and O–H groups in total. The topological polar surface area (TPSA) is 240 Å². The van der Waals surface area contributed by atoms with Gasteiger partial charge in [0, 0.05) is 23.6 Å². The highest BCUT2D eigenvalue weighted by Crippen LogP contribution is 2.35. The van der Waals surface area contributed by atoms with Crippen molar-refractivity contribution in [1.82, 2.24) is 5.43 Å². The Hall–Kier alpha value is -4.77. The highest BCUT2D eigenvalue weighted by molar-refractivity contribution is 7.86. The lowest BCUT2D eigenvalue weighted by atomic mass is 9.78. The van der Waals surface area contributed by atoms with E-state index in [-0.39, 0.29) is 46.4 Å². The number of anilines is 1. The lowest BCUT2D eigenvalue weighted by Gasteiger charge is -2.30. The molecule has 228 valence electrons. The maximum atomic E-state index is 13.5. The molecule has 0 amide bonds. The van der Waals surface area contributed by atoms with Crippen molar-refractivity contribution in [3.63, 3.8) is 0 Å². The summed E-state index contributed by atoms with van der Waals surface area (Å²) >= 11 is 0. The molecule has 0 radical (unpaired) electrons. The van der Waals surface area contributed by atoms with Gasteiger partial charge in [-0.15, -0.1) is 0 Å². The van der Waals surface area contributed by atoms with Crippen LogP contribution in [0.5, 0.6) is 0 Å². The van der Waals surface area contributed by atoms with Gasteiger partial charge in [0.05, 0.1) is 32.5 Å². The van der Waals surface area contributed by atoms with Crippen LogP contribution in [0.15, 0.2) is 84.4 Å². The van der Waals surface area contributed by atoms with Gasteiger partial charge in [-0.2, -0.15) is 16.8 Å². The summed E-state index contributed by atoms with van der Waals surface area (Å²) in [5, 5.41) is 16.1. The van der Waals surface area contributed by atoms with Gasteiger partial charge in [-0.05, 0) is 29.7 Å². The molecule has 0 bridgehead atoms. The zero-order valence-corrected chi connectivity index (χ0v) is 24.6. The number of hydrazine groups is 1. The molecular weight excluding hydrogens is 616 g/mol. The SMILES string of the molecule is CC1(C)CC(=O)C(NNc2ccc(N=c3cc(S(=O)(=O)O)c(=N)c4c(=O)c5ccccc5c(=O)c3=4)cc2S(=O)(=O)O)=C(O)C1. The van der Waals surface area contributed by atoms with Crippen LogP contribution in [-0.2, 0) is 25.0 Å². The number of hydrogen-bond donors (Lipinski definition) is 6. The van der Waals surface area contributed by atoms with Crippen molar-refractivity contribution in [2.45, 2.75) is 36.5 Å². The molecular formula is C28H24N4O10S2. The summed E-state index contributed by atoms with van der Waals surface area (Å²) in [5.74, 6) is -0.693. The fourth-order valence-electron chi connectivity index (χ4n) is 5.14. The largest absolute Gasteiger partial charge is 0.510 e. The molecule has 0 saturated heterocycles. The minimum atomic E-state index is -5.09. The second-order valence-corrected chi connectivity index (χ2v) is 13.8. The van der Waals surface area contributed by atoms with Gasteiger partial charge in [-0.3, -0.25) is 39.7 Å². The number of nitrogens with zero attached hydrogens (tertiary/aromatic N) is 1. The van der Waals surface area contributed by atoms with Crippen molar-refractivity contribution in [1.29, 1.82) is 5.41 Å². The van der Waals surface area contributed by atoms with Crippen LogP contribution in [0, 0.1) is 21.3 Å². The van der Waals surface area contributed by atoms with E-state index in [0.29, 0.717) is 6.07 Å². The van der Waals surface area contributed by atoms with Gasteiger partial charge in [0.15, 0.2) is 16.6 Å². The molecule has 3 aliphatic carbocycles. The van der Waals surface area contributed by atoms with Crippen LogP contribution in [0.2, 0.25) is 0 Å². The van der Waals surface area contributed by atoms with Crippen molar-refractivity contribution in [3.05, 3.63) is 102 Å². The minimum Gasteiger partial charge on any atom is -0.510 e. The highest BCUT2D eigenvalue weighted by atomic mass is 32.2. The number of carbonyl (C=O) groups is 1. The van der Waals surface area contributed by atoms with Crippen molar-refractivity contribution < 1.29 is 35.8 Å². The first kappa shape index (κ1) is 30.7. The van der Waals surface area contributed by atoms with E-state index >= 15 is 0 Å². The van der Waals surface area contributed by atoms with E-state index in [9.17, 15) is 45.4 Å². The van der Waals surface area contributed by atoms with Crippen LogP contribution in [0.25, 0.3) is 10.8 Å². The van der Waals surface area contributed by atoms with Crippen LogP contribution in [0.1, 0.15) is 26.7 Å². The quantitative estimate of drug-likeness (QED) is 0.130. The van der Waals surface area contributed by atoms with Crippen LogP contribution in [0.4, 0.5) is 11.4 Å². The Morgan fingerprint density at radius 2 is 1.41 bits per heavy atom. The summed E-state index contributed by atoms with van der Waals surface area (Å²) in [6.07, 6.45) is 0.271. The molecule has 16 heteroatoms. The van der Waals surface area contributed by atoms with Crippen molar-refractivity contribution in [3.8, 4) is 0 Å². The number of nitrogens with one attached hydrogen (secondary N) is 3. The third-order valence-electron chi connectivity index (χ3n) is 7.09. The lowest BCUT2D eigenvalue weighted by molar-refractivity contribution is -0.118. The Morgan fingerprint density at radius 1 is 0.818 bits per heavy atom. The number of aliphatic hydroxyl groups is 1. The molecule has 5 rings (SSSR count). The predicted octanol–water partition coefficient (Wildman–Crippen LogP) is 1.44. The molecule has 0 saturated carbocycles. The summed E-state index contributed by atoms with van der Waals surface area (Å²) in [6.45, 7) is 3.58. The zero-order valence-electron chi connectivity index (χ0n) is 23.0. The maximum Gasteiger partial charge on any atom is 0.296 e. The van der Waals surface area contributed by atoms with Gasteiger partial charge in [0.25, 0.3) is 20.2 Å². The first-order valence-electron chi connectivity index (χ1n) is 12.8. The number of ketones is 1. The zero-order chi connectivity index (χ0) is 32.4. The number of allylic oxidation sites excluding steroid dienone is 2. The smallest absolute Gasteiger partial charge is 0.296 e. The number of aliphatic hydroxyl groups excluding tert-OH is 1. The van der Waals surface area contributed by atoms with Crippen molar-refractivity contribution in [2.24, 2.45) is 10.4 Å². The number of benzene rings is 2. The number of Topliss-reactive ketones (excluding diaryl/α,β-unsaturated/α-hetero) is 1. The molecule has 0 fully saturated rings. The standard InChI is InChI=1S/C28H24N4O10S2/c1-28(2)11-18(33)25(19(34)12-28)32-31-16-8-7-13(9-20(16)43(37,38)39)30-17-10-21(44(40,41)42)24(29)23-22(17)26(35)14-5-3-4-6-15(14)27(23)36/h3-10,29,31-33H,11-12H2,1-2H3,(H,37,38,39)(H,40,41,42). The third-order valence-corrected chi connectivity index (χ3v) is 8.86. The number of hydrogen-bond acceptors (Lipinski definition) is 12. The average molecular weight is 641 g/mol. The second-order valence-electron chi connectivity index (χ2n) is 11.0. The van der Waals surface area contributed by atoms with E-state index in [0.717, 1.165) is 12.1 Å². The fraction of sp³-hybridized carbons (Fsp3) is 0.179. The highest BCUT2D eigenvalue weighted by Gasteiger charge is 2.33. The summed E-state index contributed by atoms with van der Waals surface area (Å²) < 4.78 is 68.5. The summed E-state index contributed by atoms with van der Waals surface area (Å²) in [4.78, 5) is 41.7. The normalized spacial score (nSPS) is 16.1. The van der Waals surface area contributed by atoms with E-state index in [1.54, 1.807) is 13.8 Å². The Labute approximate surface area is 248 Å². The third kappa shape index (κ3) is 5.50. The van der Waals surface area contributed by atoms with E-state index < -0.39 is 73.2 Å². The average Bonchev–Trinajstić information content (AvgIpc) is 2.90. The Morgan fingerprint density at radius 3 is 1.98 bits per heavy atom. The van der Waals surface area contributed by atoms with Gasteiger partial charge < -0.3 is 5.11 Å². The first-order valence-corrected chi connectivity index (χ1v) is 15.7. The number of rotatable bonds is 6. The molecule has 3 aliphatic rings.